The molecule has 0 radical (unpaired) electrons. The first kappa shape index (κ1) is 12.0. The second-order valence-corrected chi connectivity index (χ2v) is 5.44. The van der Waals surface area contributed by atoms with Gasteiger partial charge in [0.1, 0.15) is 6.10 Å². The molecule has 2 N–H and O–H groups in total. The highest BCUT2D eigenvalue weighted by molar-refractivity contribution is 7.16. The molecule has 2 nitrogen and oxygen atoms in total. The summed E-state index contributed by atoms with van der Waals surface area (Å²) in [5.41, 5.74) is 0. The van der Waals surface area contributed by atoms with Gasteiger partial charge in [0.25, 0.3) is 0 Å². The van der Waals surface area contributed by atoms with Gasteiger partial charge in [0.05, 0.1) is 4.34 Å². The van der Waals surface area contributed by atoms with Crippen LogP contribution in [0, 0.1) is 0 Å². The minimum Gasteiger partial charge on any atom is -0.386 e. The van der Waals surface area contributed by atoms with Crippen molar-refractivity contribution in [2.75, 3.05) is 0 Å². The molecule has 2 unspecified atom stereocenters. The first-order chi connectivity index (χ1) is 6.50. The molecule has 80 valence electrons. The van der Waals surface area contributed by atoms with E-state index in [0.29, 0.717) is 6.04 Å². The highest BCUT2D eigenvalue weighted by atomic mass is 35.5. The van der Waals surface area contributed by atoms with Crippen molar-refractivity contribution in [1.82, 2.24) is 5.32 Å². The lowest BCUT2D eigenvalue weighted by Crippen LogP contribution is -2.36. The number of nitrogens with one attached hydrogen (secondary N) is 1. The molecule has 0 aromatic carbocycles. The lowest BCUT2D eigenvalue weighted by Gasteiger charge is -2.21. The molecule has 0 fully saturated rings. The van der Waals surface area contributed by atoms with Crippen molar-refractivity contribution in [3.63, 3.8) is 0 Å². The Morgan fingerprint density at radius 2 is 2.00 bits per heavy atom. The Bertz CT molecular complexity index is 287. The highest BCUT2D eigenvalue weighted by Crippen LogP contribution is 2.28. The maximum atomic E-state index is 9.94. The standard InChI is InChI=1S/C10H16ClNOS/c1-6(2)12-7(3)10(13)8-4-5-9(11)14-8/h4-7,10,12-13H,1-3H3. The Hall–Kier alpha value is -0.0900. The van der Waals surface area contributed by atoms with Crippen LogP contribution in [0.5, 0.6) is 0 Å². The average molecular weight is 234 g/mol. The fraction of sp³-hybridized carbons (Fsp3) is 0.600. The third-order valence-corrected chi connectivity index (χ3v) is 3.26. The van der Waals surface area contributed by atoms with E-state index >= 15 is 0 Å². The minimum atomic E-state index is -0.477. The van der Waals surface area contributed by atoms with Gasteiger partial charge in [-0.1, -0.05) is 25.4 Å². The molecule has 0 saturated carbocycles. The smallest absolute Gasteiger partial charge is 0.103 e. The van der Waals surface area contributed by atoms with Crippen LogP contribution in [-0.4, -0.2) is 17.2 Å². The van der Waals surface area contributed by atoms with Gasteiger partial charge in [0, 0.05) is 17.0 Å². The van der Waals surface area contributed by atoms with Crippen LogP contribution in [0.1, 0.15) is 31.8 Å². The maximum Gasteiger partial charge on any atom is 0.103 e. The van der Waals surface area contributed by atoms with Crippen LogP contribution >= 0.6 is 22.9 Å². The summed E-state index contributed by atoms with van der Waals surface area (Å²) in [6.45, 7) is 6.09. The zero-order valence-electron chi connectivity index (χ0n) is 8.62. The Morgan fingerprint density at radius 1 is 1.36 bits per heavy atom. The fourth-order valence-electron chi connectivity index (χ4n) is 1.35. The largest absolute Gasteiger partial charge is 0.386 e. The number of hydrogen-bond acceptors (Lipinski definition) is 3. The number of rotatable bonds is 4. The van der Waals surface area contributed by atoms with E-state index in [1.165, 1.54) is 11.3 Å². The van der Waals surface area contributed by atoms with Crippen molar-refractivity contribution in [3.8, 4) is 0 Å². The molecule has 1 rings (SSSR count). The third kappa shape index (κ3) is 3.24. The van der Waals surface area contributed by atoms with Crippen molar-refractivity contribution in [2.45, 2.75) is 39.0 Å². The van der Waals surface area contributed by atoms with Gasteiger partial charge in [-0.25, -0.2) is 0 Å². The monoisotopic (exact) mass is 233 g/mol. The predicted octanol–water partition coefficient (Wildman–Crippen LogP) is 2.82. The van der Waals surface area contributed by atoms with Gasteiger partial charge in [-0.3, -0.25) is 0 Å². The molecule has 14 heavy (non-hydrogen) atoms. The van der Waals surface area contributed by atoms with Crippen LogP contribution in [0.2, 0.25) is 4.34 Å². The molecule has 4 heteroatoms. The molecular formula is C10H16ClNOS. The zero-order valence-corrected chi connectivity index (χ0v) is 10.2. The van der Waals surface area contributed by atoms with Crippen molar-refractivity contribution in [3.05, 3.63) is 21.3 Å². The van der Waals surface area contributed by atoms with Gasteiger partial charge in [0.2, 0.25) is 0 Å². The van der Waals surface area contributed by atoms with E-state index in [4.69, 9.17) is 11.6 Å². The van der Waals surface area contributed by atoms with Crippen molar-refractivity contribution in [1.29, 1.82) is 0 Å². The SMILES string of the molecule is CC(C)NC(C)C(O)c1ccc(Cl)s1. The van der Waals surface area contributed by atoms with E-state index in [1.807, 2.05) is 19.1 Å². The van der Waals surface area contributed by atoms with Crippen molar-refractivity contribution in [2.24, 2.45) is 0 Å². The Balaban J connectivity index is 2.60. The van der Waals surface area contributed by atoms with Crippen LogP contribution in [-0.2, 0) is 0 Å². The normalized spacial score (nSPS) is 15.9. The second-order valence-electron chi connectivity index (χ2n) is 3.70. The van der Waals surface area contributed by atoms with Crippen LogP contribution in [0.4, 0.5) is 0 Å². The molecule has 0 aliphatic rings. The number of aliphatic hydroxyl groups is 1. The molecule has 0 bridgehead atoms. The Labute approximate surface area is 93.9 Å². The van der Waals surface area contributed by atoms with Crippen molar-refractivity contribution < 1.29 is 5.11 Å². The summed E-state index contributed by atoms with van der Waals surface area (Å²) in [5.74, 6) is 0. The third-order valence-electron chi connectivity index (χ3n) is 1.96. The van der Waals surface area contributed by atoms with Crippen molar-refractivity contribution >= 4 is 22.9 Å². The summed E-state index contributed by atoms with van der Waals surface area (Å²) in [6, 6.07) is 4.10. The zero-order chi connectivity index (χ0) is 10.7. The fourth-order valence-corrected chi connectivity index (χ4v) is 2.50. The van der Waals surface area contributed by atoms with E-state index < -0.39 is 6.10 Å². The van der Waals surface area contributed by atoms with E-state index in [2.05, 4.69) is 19.2 Å². The number of halogens is 1. The minimum absolute atomic E-state index is 0.0460. The van der Waals surface area contributed by atoms with E-state index in [9.17, 15) is 5.11 Å². The number of thiophene rings is 1. The van der Waals surface area contributed by atoms with Gasteiger partial charge < -0.3 is 10.4 Å². The maximum absolute atomic E-state index is 9.94. The average Bonchev–Trinajstić information content (AvgIpc) is 2.49. The molecule has 0 saturated heterocycles. The topological polar surface area (TPSA) is 32.3 Å². The molecule has 0 aliphatic heterocycles. The lowest BCUT2D eigenvalue weighted by atomic mass is 10.1. The highest BCUT2D eigenvalue weighted by Gasteiger charge is 2.18. The summed E-state index contributed by atoms with van der Waals surface area (Å²) in [4.78, 5) is 0.913. The summed E-state index contributed by atoms with van der Waals surface area (Å²) in [5, 5.41) is 13.2. The van der Waals surface area contributed by atoms with Gasteiger partial charge in [0.15, 0.2) is 0 Å². The van der Waals surface area contributed by atoms with E-state index in [-0.39, 0.29) is 6.04 Å². The summed E-state index contributed by atoms with van der Waals surface area (Å²) < 4.78 is 0.718. The molecule has 1 aromatic rings. The van der Waals surface area contributed by atoms with Crippen LogP contribution < -0.4 is 5.32 Å². The van der Waals surface area contributed by atoms with Gasteiger partial charge in [-0.2, -0.15) is 0 Å². The Morgan fingerprint density at radius 3 is 2.43 bits per heavy atom. The van der Waals surface area contributed by atoms with Gasteiger partial charge in [-0.05, 0) is 19.1 Å². The van der Waals surface area contributed by atoms with Crippen LogP contribution in [0.3, 0.4) is 0 Å². The first-order valence-electron chi connectivity index (χ1n) is 4.70. The number of aliphatic hydroxyl groups excluding tert-OH is 1. The van der Waals surface area contributed by atoms with E-state index in [0.717, 1.165) is 9.21 Å². The summed E-state index contributed by atoms with van der Waals surface area (Å²) in [7, 11) is 0. The van der Waals surface area contributed by atoms with Gasteiger partial charge >= 0.3 is 0 Å². The quantitative estimate of drug-likeness (QED) is 0.838. The Kier molecular flexibility index (Phi) is 4.38. The predicted molar refractivity (Wildman–Crippen MR) is 62.0 cm³/mol. The molecule has 1 heterocycles. The van der Waals surface area contributed by atoms with Gasteiger partial charge in [-0.15, -0.1) is 11.3 Å². The summed E-state index contributed by atoms with van der Waals surface area (Å²) in [6.07, 6.45) is -0.477. The first-order valence-corrected chi connectivity index (χ1v) is 5.89. The van der Waals surface area contributed by atoms with E-state index in [1.54, 1.807) is 0 Å². The second kappa shape index (κ2) is 5.12. The summed E-state index contributed by atoms with van der Waals surface area (Å²) >= 11 is 7.23. The van der Waals surface area contributed by atoms with Crippen LogP contribution in [0.15, 0.2) is 12.1 Å². The molecule has 0 aliphatic carbocycles. The lowest BCUT2D eigenvalue weighted by molar-refractivity contribution is 0.135. The molecule has 0 spiro atoms. The van der Waals surface area contributed by atoms with Crippen LogP contribution in [0.25, 0.3) is 0 Å². The number of hydrogen-bond donors (Lipinski definition) is 2. The molecule has 1 aromatic heterocycles. The molecule has 0 amide bonds. The molecule has 2 atom stereocenters. The molecular weight excluding hydrogens is 218 g/mol.